The van der Waals surface area contributed by atoms with Crippen molar-refractivity contribution in [1.29, 1.82) is 0 Å². The van der Waals surface area contributed by atoms with Crippen LogP contribution in [0.15, 0.2) is 85.5 Å². The number of rotatable bonds is 9. The van der Waals surface area contributed by atoms with Gasteiger partial charge in [-0.25, -0.2) is 18.8 Å². The van der Waals surface area contributed by atoms with E-state index in [4.69, 9.17) is 18.9 Å². The Hall–Kier alpha value is -4.46. The van der Waals surface area contributed by atoms with Gasteiger partial charge in [0.1, 0.15) is 36.3 Å². The monoisotopic (exact) mass is 450 g/mol. The van der Waals surface area contributed by atoms with Crippen LogP contribution in [-0.2, 0) is 9.53 Å². The van der Waals surface area contributed by atoms with E-state index in [-0.39, 0.29) is 30.3 Å². The van der Waals surface area contributed by atoms with Crippen LogP contribution in [0.4, 0.5) is 4.39 Å². The number of carbonyl (C=O) groups excluding carboxylic acids is 3. The molecule has 168 valence electrons. The maximum atomic E-state index is 12.9. The summed E-state index contributed by atoms with van der Waals surface area (Å²) >= 11 is 0. The van der Waals surface area contributed by atoms with Crippen molar-refractivity contribution in [3.8, 4) is 17.2 Å². The van der Waals surface area contributed by atoms with Crippen molar-refractivity contribution in [3.63, 3.8) is 0 Å². The van der Waals surface area contributed by atoms with Crippen LogP contribution in [0.25, 0.3) is 0 Å². The van der Waals surface area contributed by atoms with Crippen molar-refractivity contribution in [2.45, 2.75) is 0 Å². The minimum absolute atomic E-state index is 0.0733. The number of halogens is 1. The SMILES string of the molecule is C=CC(=O)OCCOc1ccc(C(=O)Oc2ccc(OC(=O)c3ccc(F)cc3)cc2)cc1. The highest BCUT2D eigenvalue weighted by molar-refractivity contribution is 5.92. The maximum absolute atomic E-state index is 12.9. The highest BCUT2D eigenvalue weighted by atomic mass is 19.1. The van der Waals surface area contributed by atoms with E-state index < -0.39 is 23.7 Å². The van der Waals surface area contributed by atoms with E-state index in [1.165, 1.54) is 60.7 Å². The summed E-state index contributed by atoms with van der Waals surface area (Å²) in [5.41, 5.74) is 0.504. The number of benzene rings is 3. The topological polar surface area (TPSA) is 88.1 Å². The zero-order valence-electron chi connectivity index (χ0n) is 17.4. The largest absolute Gasteiger partial charge is 0.490 e. The number of esters is 3. The lowest BCUT2D eigenvalue weighted by Gasteiger charge is -2.08. The van der Waals surface area contributed by atoms with Gasteiger partial charge in [-0.2, -0.15) is 0 Å². The van der Waals surface area contributed by atoms with Crippen LogP contribution in [0.2, 0.25) is 0 Å². The second kappa shape index (κ2) is 11.2. The molecule has 0 saturated carbocycles. The van der Waals surface area contributed by atoms with Crippen LogP contribution in [-0.4, -0.2) is 31.1 Å². The molecule has 0 aliphatic rings. The average molecular weight is 450 g/mol. The van der Waals surface area contributed by atoms with E-state index >= 15 is 0 Å². The molecule has 0 atom stereocenters. The van der Waals surface area contributed by atoms with Gasteiger partial charge in [-0.05, 0) is 72.8 Å². The highest BCUT2D eigenvalue weighted by Crippen LogP contribution is 2.21. The quantitative estimate of drug-likeness (QED) is 0.207. The molecule has 0 N–H and O–H groups in total. The smallest absolute Gasteiger partial charge is 0.343 e. The Morgan fingerprint density at radius 1 is 0.697 bits per heavy atom. The summed E-state index contributed by atoms with van der Waals surface area (Å²) in [7, 11) is 0. The van der Waals surface area contributed by atoms with Gasteiger partial charge in [0.15, 0.2) is 0 Å². The van der Waals surface area contributed by atoms with Gasteiger partial charge in [0.2, 0.25) is 0 Å². The lowest BCUT2D eigenvalue weighted by Crippen LogP contribution is -2.11. The van der Waals surface area contributed by atoms with Gasteiger partial charge in [0, 0.05) is 6.08 Å². The molecule has 0 aliphatic carbocycles. The van der Waals surface area contributed by atoms with Crippen LogP contribution in [0.3, 0.4) is 0 Å². The maximum Gasteiger partial charge on any atom is 0.343 e. The molecule has 0 amide bonds. The fourth-order valence-corrected chi connectivity index (χ4v) is 2.54. The summed E-state index contributed by atoms with van der Waals surface area (Å²) in [6, 6.07) is 17.1. The van der Waals surface area contributed by atoms with E-state index in [1.54, 1.807) is 12.1 Å². The van der Waals surface area contributed by atoms with Crippen molar-refractivity contribution in [2.24, 2.45) is 0 Å². The summed E-state index contributed by atoms with van der Waals surface area (Å²) in [6.07, 6.45) is 1.06. The predicted molar refractivity (Wildman–Crippen MR) is 116 cm³/mol. The molecule has 0 aliphatic heterocycles. The van der Waals surface area contributed by atoms with Crippen molar-refractivity contribution in [3.05, 3.63) is 102 Å². The van der Waals surface area contributed by atoms with Crippen molar-refractivity contribution < 1.29 is 37.7 Å². The normalized spacial score (nSPS) is 10.1. The summed E-state index contributed by atoms with van der Waals surface area (Å²) in [6.45, 7) is 3.52. The standard InChI is InChI=1S/C25H19FO7/c1-2-23(27)31-16-15-30-20-9-5-18(6-10-20)25(29)33-22-13-11-21(12-14-22)32-24(28)17-3-7-19(26)8-4-17/h2-14H,1,15-16H2. The lowest BCUT2D eigenvalue weighted by molar-refractivity contribution is -0.138. The Balaban J connectivity index is 1.49. The fourth-order valence-electron chi connectivity index (χ4n) is 2.54. The number of ether oxygens (including phenoxy) is 4. The molecule has 0 aromatic heterocycles. The number of carbonyl (C=O) groups is 3. The van der Waals surface area contributed by atoms with E-state index in [9.17, 15) is 18.8 Å². The first-order valence-electron chi connectivity index (χ1n) is 9.76. The van der Waals surface area contributed by atoms with Crippen LogP contribution in [0, 0.1) is 5.82 Å². The second-order valence-electron chi connectivity index (χ2n) is 6.50. The third-order valence-electron chi connectivity index (χ3n) is 4.18. The minimum atomic E-state index is -0.638. The van der Waals surface area contributed by atoms with Crippen molar-refractivity contribution in [1.82, 2.24) is 0 Å². The fraction of sp³-hybridized carbons (Fsp3) is 0.0800. The van der Waals surface area contributed by atoms with Gasteiger partial charge in [0.25, 0.3) is 0 Å². The Bertz CT molecular complexity index is 1120. The molecule has 0 fully saturated rings. The third-order valence-corrected chi connectivity index (χ3v) is 4.18. The first-order valence-corrected chi connectivity index (χ1v) is 9.76. The van der Waals surface area contributed by atoms with E-state index in [2.05, 4.69) is 6.58 Å². The summed E-state index contributed by atoms with van der Waals surface area (Å²) in [5.74, 6) is -1.22. The Labute approximate surface area is 189 Å². The number of hydrogen-bond donors (Lipinski definition) is 0. The first kappa shape index (κ1) is 23.2. The molecular formula is C25H19FO7. The molecule has 8 heteroatoms. The summed E-state index contributed by atoms with van der Waals surface area (Å²) < 4.78 is 33.7. The van der Waals surface area contributed by atoms with Crippen LogP contribution >= 0.6 is 0 Å². The second-order valence-corrected chi connectivity index (χ2v) is 6.50. The molecule has 0 saturated heterocycles. The zero-order valence-corrected chi connectivity index (χ0v) is 17.4. The summed E-state index contributed by atoms with van der Waals surface area (Å²) in [4.78, 5) is 35.3. The van der Waals surface area contributed by atoms with Crippen molar-refractivity contribution in [2.75, 3.05) is 13.2 Å². The lowest BCUT2D eigenvalue weighted by atomic mass is 10.2. The minimum Gasteiger partial charge on any atom is -0.490 e. The van der Waals surface area contributed by atoms with Gasteiger partial charge in [-0.3, -0.25) is 0 Å². The Morgan fingerprint density at radius 2 is 1.15 bits per heavy atom. The molecule has 3 aromatic rings. The summed E-state index contributed by atoms with van der Waals surface area (Å²) in [5, 5.41) is 0. The van der Waals surface area contributed by atoms with E-state index in [1.807, 2.05) is 0 Å². The molecule has 3 rings (SSSR count). The third kappa shape index (κ3) is 7.03. The predicted octanol–water partition coefficient (Wildman–Crippen LogP) is 4.37. The molecule has 0 spiro atoms. The van der Waals surface area contributed by atoms with Gasteiger partial charge >= 0.3 is 17.9 Å². The molecule has 0 bridgehead atoms. The van der Waals surface area contributed by atoms with E-state index in [0.717, 1.165) is 6.08 Å². The average Bonchev–Trinajstić information content (AvgIpc) is 2.83. The van der Waals surface area contributed by atoms with E-state index in [0.29, 0.717) is 11.3 Å². The van der Waals surface area contributed by atoms with Gasteiger partial charge in [-0.1, -0.05) is 6.58 Å². The molecule has 0 radical (unpaired) electrons. The van der Waals surface area contributed by atoms with Crippen LogP contribution < -0.4 is 14.2 Å². The van der Waals surface area contributed by atoms with Crippen molar-refractivity contribution >= 4 is 17.9 Å². The van der Waals surface area contributed by atoms with Gasteiger partial charge in [-0.15, -0.1) is 0 Å². The van der Waals surface area contributed by atoms with Gasteiger partial charge in [0.05, 0.1) is 11.1 Å². The number of hydrogen-bond acceptors (Lipinski definition) is 7. The molecular weight excluding hydrogens is 431 g/mol. The molecule has 7 nitrogen and oxygen atoms in total. The molecule has 0 unspecified atom stereocenters. The Morgan fingerprint density at radius 3 is 1.64 bits per heavy atom. The molecule has 33 heavy (non-hydrogen) atoms. The van der Waals surface area contributed by atoms with Crippen LogP contribution in [0.5, 0.6) is 17.2 Å². The van der Waals surface area contributed by atoms with Crippen LogP contribution in [0.1, 0.15) is 20.7 Å². The van der Waals surface area contributed by atoms with Gasteiger partial charge < -0.3 is 18.9 Å². The molecule has 3 aromatic carbocycles. The molecule has 0 heterocycles. The highest BCUT2D eigenvalue weighted by Gasteiger charge is 2.11. The Kier molecular flexibility index (Phi) is 7.91. The first-order chi connectivity index (χ1) is 15.9. The zero-order chi connectivity index (χ0) is 23.6.